The molecule has 142 valence electrons. The number of amides is 1. The van der Waals surface area contributed by atoms with Crippen molar-refractivity contribution in [3.05, 3.63) is 59.4 Å². The molecule has 0 aliphatic carbocycles. The van der Waals surface area contributed by atoms with Gasteiger partial charge in [-0.1, -0.05) is 0 Å². The predicted molar refractivity (Wildman–Crippen MR) is 87.8 cm³/mol. The summed E-state index contributed by atoms with van der Waals surface area (Å²) in [6.45, 7) is 0.696. The van der Waals surface area contributed by atoms with Crippen molar-refractivity contribution in [2.75, 3.05) is 11.9 Å². The summed E-state index contributed by atoms with van der Waals surface area (Å²) in [5.74, 6) is -6.22. The monoisotopic (exact) mass is 381 g/mol. The van der Waals surface area contributed by atoms with E-state index in [9.17, 15) is 27.6 Å². The molecule has 2 rings (SSSR count). The Balaban J connectivity index is 1.86. The van der Waals surface area contributed by atoms with Crippen LogP contribution in [0.5, 0.6) is 5.75 Å². The van der Waals surface area contributed by atoms with Gasteiger partial charge in [0.2, 0.25) is 0 Å². The van der Waals surface area contributed by atoms with Gasteiger partial charge in [-0.05, 0) is 43.3 Å². The van der Waals surface area contributed by atoms with Crippen LogP contribution in [0.2, 0.25) is 0 Å². The van der Waals surface area contributed by atoms with Crippen molar-refractivity contribution in [2.45, 2.75) is 13.0 Å². The second kappa shape index (κ2) is 8.84. The Morgan fingerprint density at radius 2 is 1.74 bits per heavy atom. The van der Waals surface area contributed by atoms with E-state index >= 15 is 0 Å². The molecule has 0 fully saturated rings. The summed E-state index contributed by atoms with van der Waals surface area (Å²) < 4.78 is 49.5. The van der Waals surface area contributed by atoms with Crippen LogP contribution in [0.1, 0.15) is 17.3 Å². The first kappa shape index (κ1) is 20.0. The molecule has 1 N–H and O–H groups in total. The third kappa shape index (κ3) is 5.30. The number of esters is 1. The fraction of sp³-hybridized carbons (Fsp3) is 0.167. The number of carbonyl (C=O) groups excluding carboxylic acids is 3. The summed E-state index contributed by atoms with van der Waals surface area (Å²) in [4.78, 5) is 34.1. The molecule has 6 nitrogen and oxygen atoms in total. The van der Waals surface area contributed by atoms with E-state index in [1.54, 1.807) is 0 Å². The lowest BCUT2D eigenvalue weighted by molar-refractivity contribution is -0.155. The first-order chi connectivity index (χ1) is 12.8. The van der Waals surface area contributed by atoms with Crippen molar-refractivity contribution in [1.82, 2.24) is 0 Å². The molecule has 0 heterocycles. The number of carbonyl (C=O) groups is 3. The highest BCUT2D eigenvalue weighted by atomic mass is 19.2. The van der Waals surface area contributed by atoms with Gasteiger partial charge in [-0.25, -0.2) is 18.0 Å². The number of ether oxygens (including phenoxy) is 2. The zero-order valence-electron chi connectivity index (χ0n) is 14.0. The summed E-state index contributed by atoms with van der Waals surface area (Å²) in [5.41, 5.74) is -0.159. The van der Waals surface area contributed by atoms with E-state index in [1.807, 2.05) is 5.32 Å². The zero-order valence-corrected chi connectivity index (χ0v) is 14.0. The van der Waals surface area contributed by atoms with Crippen molar-refractivity contribution in [2.24, 2.45) is 0 Å². The van der Waals surface area contributed by atoms with Crippen LogP contribution in [-0.2, 0) is 14.3 Å². The van der Waals surface area contributed by atoms with Gasteiger partial charge < -0.3 is 14.8 Å². The number of anilines is 1. The largest absolute Gasteiger partial charge is 0.482 e. The maximum atomic E-state index is 13.5. The number of hydrogen-bond donors (Lipinski definition) is 1. The molecule has 0 aromatic heterocycles. The van der Waals surface area contributed by atoms with Crippen molar-refractivity contribution in [3.8, 4) is 5.75 Å². The quantitative estimate of drug-likeness (QED) is 0.453. The molecule has 0 radical (unpaired) electrons. The Bertz CT molecular complexity index is 855. The van der Waals surface area contributed by atoms with E-state index in [-0.39, 0.29) is 0 Å². The summed E-state index contributed by atoms with van der Waals surface area (Å²) in [7, 11) is 0. The van der Waals surface area contributed by atoms with E-state index in [0.717, 1.165) is 6.07 Å². The molecule has 0 bridgehead atoms. The summed E-state index contributed by atoms with van der Waals surface area (Å²) in [6.07, 6.45) is -0.695. The number of rotatable bonds is 7. The van der Waals surface area contributed by atoms with Crippen molar-refractivity contribution in [3.63, 3.8) is 0 Å². The van der Waals surface area contributed by atoms with Crippen LogP contribution in [0.25, 0.3) is 0 Å². The Labute approximate surface area is 151 Å². The maximum Gasteiger partial charge on any atom is 0.344 e. The molecular weight excluding hydrogens is 367 g/mol. The van der Waals surface area contributed by atoms with Crippen molar-refractivity contribution < 1.29 is 37.0 Å². The molecular formula is C18H14F3NO5. The molecule has 0 saturated heterocycles. The molecule has 0 spiro atoms. The van der Waals surface area contributed by atoms with Gasteiger partial charge in [-0.2, -0.15) is 0 Å². The molecule has 0 aliphatic heterocycles. The minimum Gasteiger partial charge on any atom is -0.482 e. The number of hydrogen-bond acceptors (Lipinski definition) is 5. The van der Waals surface area contributed by atoms with Crippen LogP contribution in [0, 0.1) is 17.5 Å². The van der Waals surface area contributed by atoms with E-state index in [4.69, 9.17) is 9.47 Å². The zero-order chi connectivity index (χ0) is 20.0. The molecule has 9 heteroatoms. The van der Waals surface area contributed by atoms with Gasteiger partial charge >= 0.3 is 5.97 Å². The van der Waals surface area contributed by atoms with E-state index in [2.05, 4.69) is 0 Å². The molecule has 1 atom stereocenters. The Morgan fingerprint density at radius 3 is 2.37 bits per heavy atom. The second-order valence-corrected chi connectivity index (χ2v) is 5.32. The van der Waals surface area contributed by atoms with Crippen LogP contribution in [-0.4, -0.2) is 30.9 Å². The van der Waals surface area contributed by atoms with Gasteiger partial charge in [0.1, 0.15) is 12.0 Å². The normalized spacial score (nSPS) is 11.4. The number of nitrogens with one attached hydrogen (secondary N) is 1. The summed E-state index contributed by atoms with van der Waals surface area (Å²) in [6, 6.07) is 7.40. The molecule has 27 heavy (non-hydrogen) atoms. The number of halogens is 3. The lowest BCUT2D eigenvalue weighted by atomic mass is 10.2. The van der Waals surface area contributed by atoms with Gasteiger partial charge in [0, 0.05) is 5.56 Å². The van der Waals surface area contributed by atoms with Crippen LogP contribution in [0.4, 0.5) is 18.9 Å². The first-order valence-electron chi connectivity index (χ1n) is 7.63. The third-order valence-electron chi connectivity index (χ3n) is 3.34. The average Bonchev–Trinajstić information content (AvgIpc) is 2.67. The van der Waals surface area contributed by atoms with Crippen LogP contribution < -0.4 is 10.1 Å². The SMILES string of the molecule is C[C@H](OC(=O)COc1ccc(C=O)cc1)C(=O)Nc1ccc(F)c(F)c1F. The Morgan fingerprint density at radius 1 is 1.07 bits per heavy atom. The highest BCUT2D eigenvalue weighted by molar-refractivity contribution is 5.95. The Hall–Kier alpha value is -3.36. The minimum absolute atomic E-state index is 0.304. The Kier molecular flexibility index (Phi) is 6.53. The van der Waals surface area contributed by atoms with Gasteiger partial charge in [-0.3, -0.25) is 9.59 Å². The summed E-state index contributed by atoms with van der Waals surface area (Å²) >= 11 is 0. The highest BCUT2D eigenvalue weighted by Crippen LogP contribution is 2.20. The molecule has 0 unspecified atom stereocenters. The second-order valence-electron chi connectivity index (χ2n) is 5.32. The fourth-order valence-electron chi connectivity index (χ4n) is 1.93. The molecule has 2 aromatic carbocycles. The topological polar surface area (TPSA) is 81.7 Å². The van der Waals surface area contributed by atoms with E-state index in [0.29, 0.717) is 23.7 Å². The molecule has 2 aromatic rings. The van der Waals surface area contributed by atoms with Gasteiger partial charge in [0.25, 0.3) is 5.91 Å². The lowest BCUT2D eigenvalue weighted by Gasteiger charge is -2.14. The van der Waals surface area contributed by atoms with Gasteiger partial charge in [0.05, 0.1) is 5.69 Å². The summed E-state index contributed by atoms with van der Waals surface area (Å²) in [5, 5.41) is 2.00. The van der Waals surface area contributed by atoms with E-state index < -0.39 is 47.7 Å². The number of aldehydes is 1. The maximum absolute atomic E-state index is 13.5. The smallest absolute Gasteiger partial charge is 0.344 e. The predicted octanol–water partition coefficient (Wildman–Crippen LogP) is 2.87. The van der Waals surface area contributed by atoms with Crippen LogP contribution >= 0.6 is 0 Å². The average molecular weight is 381 g/mol. The minimum atomic E-state index is -1.73. The fourth-order valence-corrected chi connectivity index (χ4v) is 1.93. The van der Waals surface area contributed by atoms with Crippen LogP contribution in [0.3, 0.4) is 0 Å². The molecule has 0 saturated carbocycles. The molecule has 1 amide bonds. The lowest BCUT2D eigenvalue weighted by Crippen LogP contribution is -2.32. The first-order valence-corrected chi connectivity index (χ1v) is 7.63. The van der Waals surface area contributed by atoms with E-state index in [1.165, 1.54) is 31.2 Å². The third-order valence-corrected chi connectivity index (χ3v) is 3.34. The van der Waals surface area contributed by atoms with Gasteiger partial charge in [0.15, 0.2) is 30.2 Å². The van der Waals surface area contributed by atoms with Crippen LogP contribution in [0.15, 0.2) is 36.4 Å². The van der Waals surface area contributed by atoms with Crippen molar-refractivity contribution in [1.29, 1.82) is 0 Å². The molecule has 0 aliphatic rings. The van der Waals surface area contributed by atoms with Gasteiger partial charge in [-0.15, -0.1) is 0 Å². The highest BCUT2D eigenvalue weighted by Gasteiger charge is 2.21. The number of benzene rings is 2. The van der Waals surface area contributed by atoms with Crippen molar-refractivity contribution >= 4 is 23.9 Å². The standard InChI is InChI=1S/C18H14F3NO5/c1-10(18(25)22-14-7-6-13(19)16(20)17(14)21)27-15(24)9-26-12-4-2-11(8-23)3-5-12/h2-8,10H,9H2,1H3,(H,22,25)/t10-/m0/s1.